The molecule has 0 aliphatic carbocycles. The molecule has 7 heteroatoms. The Balaban J connectivity index is 5.03. The van der Waals surface area contributed by atoms with Gasteiger partial charge in [-0.25, -0.2) is 0 Å². The number of unbranched alkanes of at least 4 members (excludes halogenated alkanes) is 2. The second kappa shape index (κ2) is 13.9. The molecule has 0 saturated carbocycles. The Labute approximate surface area is 175 Å². The third kappa shape index (κ3) is 8.22. The topological polar surface area (TPSA) is 135 Å². The molecule has 0 aromatic carbocycles. The van der Waals surface area contributed by atoms with Crippen molar-refractivity contribution in [2.24, 2.45) is 22.7 Å². The lowest BCUT2D eigenvalue weighted by Crippen LogP contribution is -2.48. The Hall–Kier alpha value is -1.18. The second-order valence-electron chi connectivity index (χ2n) is 8.69. The van der Waals surface area contributed by atoms with E-state index >= 15 is 0 Å². The minimum atomic E-state index is -0.865. The number of rotatable bonds is 18. The number of carbonyl (C=O) groups is 2. The average Bonchev–Trinajstić information content (AvgIpc) is 2.70. The molecule has 0 bridgehead atoms. The molecule has 0 radical (unpaired) electrons. The molecule has 0 amide bonds. The fraction of sp³-hybridized carbons (Fsp3) is 0.909. The fourth-order valence-electron chi connectivity index (χ4n) is 4.18. The molecule has 0 aliphatic rings. The number of aliphatic hydroxyl groups excluding tert-OH is 3. The molecule has 2 unspecified atom stereocenters. The monoisotopic (exact) mass is 418 g/mol. The third-order valence-electron chi connectivity index (χ3n) is 6.88. The molecular weight excluding hydrogens is 376 g/mol. The van der Waals surface area contributed by atoms with Crippen LogP contribution in [-0.2, 0) is 9.59 Å². The van der Waals surface area contributed by atoms with Crippen LogP contribution in [0.1, 0.15) is 85.0 Å². The van der Waals surface area contributed by atoms with Crippen LogP contribution in [-0.4, -0.2) is 57.3 Å². The molecule has 7 nitrogen and oxygen atoms in total. The number of aliphatic carboxylic acids is 2. The van der Waals surface area contributed by atoms with Crippen molar-refractivity contribution in [3.8, 4) is 0 Å². The number of carboxylic acid groups (broad SMARTS) is 2. The summed E-state index contributed by atoms with van der Waals surface area (Å²) in [5, 5.41) is 48.5. The van der Waals surface area contributed by atoms with Crippen LogP contribution >= 0.6 is 0 Å². The van der Waals surface area contributed by atoms with E-state index < -0.39 is 22.8 Å². The van der Waals surface area contributed by atoms with E-state index in [1.807, 2.05) is 13.8 Å². The minimum Gasteiger partial charge on any atom is -0.481 e. The summed E-state index contributed by atoms with van der Waals surface area (Å²) in [6.07, 6.45) is 6.26. The van der Waals surface area contributed by atoms with Crippen LogP contribution in [0.5, 0.6) is 0 Å². The molecular formula is C22H42O7. The smallest absolute Gasteiger partial charge is 0.306 e. The Morgan fingerprint density at radius 1 is 0.724 bits per heavy atom. The van der Waals surface area contributed by atoms with Gasteiger partial charge < -0.3 is 25.5 Å². The van der Waals surface area contributed by atoms with Crippen molar-refractivity contribution >= 4 is 11.9 Å². The maximum absolute atomic E-state index is 11.2. The quantitative estimate of drug-likeness (QED) is 0.215. The van der Waals surface area contributed by atoms with Crippen LogP contribution in [0.15, 0.2) is 0 Å². The predicted octanol–water partition coefficient (Wildman–Crippen LogP) is 3.30. The van der Waals surface area contributed by atoms with Crippen molar-refractivity contribution in [2.45, 2.75) is 85.0 Å². The lowest BCUT2D eigenvalue weighted by molar-refractivity contribution is -0.143. The fourth-order valence-corrected chi connectivity index (χ4v) is 4.18. The van der Waals surface area contributed by atoms with Gasteiger partial charge in [0, 0.05) is 17.4 Å². The lowest BCUT2D eigenvalue weighted by atomic mass is 9.60. The summed E-state index contributed by atoms with van der Waals surface area (Å²) >= 11 is 0. The van der Waals surface area contributed by atoms with Gasteiger partial charge in [0.1, 0.15) is 0 Å². The summed E-state index contributed by atoms with van der Waals surface area (Å²) in [5.74, 6) is -2.33. The first-order valence-electron chi connectivity index (χ1n) is 10.9. The van der Waals surface area contributed by atoms with Gasteiger partial charge in [0.25, 0.3) is 0 Å². The highest BCUT2D eigenvalue weighted by atomic mass is 16.4. The van der Waals surface area contributed by atoms with Crippen LogP contribution in [0, 0.1) is 22.7 Å². The van der Waals surface area contributed by atoms with Crippen LogP contribution in [0.2, 0.25) is 0 Å². The molecule has 2 atom stereocenters. The summed E-state index contributed by atoms with van der Waals surface area (Å²) in [4.78, 5) is 22.4. The highest BCUT2D eigenvalue weighted by Gasteiger charge is 2.46. The molecule has 0 saturated heterocycles. The molecule has 0 heterocycles. The SMILES string of the molecule is CCC(CCCCC(CO)(CCCCC(CC)C(=O)O)C(C)(CO)CO)C(=O)O. The Morgan fingerprint density at radius 3 is 1.34 bits per heavy atom. The lowest BCUT2D eigenvalue weighted by Gasteiger charge is -2.46. The standard InChI is InChI=1S/C22H42O7/c1-4-17(19(26)27)10-6-8-12-22(16-25,21(3,14-23)15-24)13-9-7-11-18(5-2)20(28)29/h17-18,23-25H,4-16H2,1-3H3,(H,26,27)(H,28,29). The zero-order chi connectivity index (χ0) is 22.5. The van der Waals surface area contributed by atoms with Crippen molar-refractivity contribution in [1.82, 2.24) is 0 Å². The first-order valence-corrected chi connectivity index (χ1v) is 10.9. The summed E-state index contributed by atoms with van der Waals surface area (Å²) in [7, 11) is 0. The second-order valence-corrected chi connectivity index (χ2v) is 8.69. The van der Waals surface area contributed by atoms with Crippen molar-refractivity contribution in [3.05, 3.63) is 0 Å². The summed E-state index contributed by atoms with van der Waals surface area (Å²) in [5.41, 5.74) is -1.55. The van der Waals surface area contributed by atoms with Crippen LogP contribution in [0.3, 0.4) is 0 Å². The van der Waals surface area contributed by atoms with Gasteiger partial charge in [-0.05, 0) is 38.5 Å². The predicted molar refractivity (Wildman–Crippen MR) is 112 cm³/mol. The molecule has 0 rings (SSSR count). The first-order chi connectivity index (χ1) is 13.7. The summed E-state index contributed by atoms with van der Waals surface area (Å²) in [6.45, 7) is 4.77. The molecule has 172 valence electrons. The van der Waals surface area contributed by atoms with Gasteiger partial charge >= 0.3 is 11.9 Å². The zero-order valence-electron chi connectivity index (χ0n) is 18.4. The zero-order valence-corrected chi connectivity index (χ0v) is 18.4. The summed E-state index contributed by atoms with van der Waals surface area (Å²) in [6, 6.07) is 0. The van der Waals surface area contributed by atoms with E-state index in [1.54, 1.807) is 6.92 Å². The molecule has 5 N–H and O–H groups in total. The maximum Gasteiger partial charge on any atom is 0.306 e. The van der Waals surface area contributed by atoms with Crippen LogP contribution in [0.25, 0.3) is 0 Å². The van der Waals surface area contributed by atoms with Crippen molar-refractivity contribution in [2.75, 3.05) is 19.8 Å². The molecule has 0 spiro atoms. The number of hydrogen-bond donors (Lipinski definition) is 5. The van der Waals surface area contributed by atoms with Crippen molar-refractivity contribution < 1.29 is 35.1 Å². The Morgan fingerprint density at radius 2 is 1.10 bits per heavy atom. The minimum absolute atomic E-state index is 0.184. The van der Waals surface area contributed by atoms with E-state index in [4.69, 9.17) is 0 Å². The van der Waals surface area contributed by atoms with Gasteiger partial charge in [-0.2, -0.15) is 0 Å². The van der Waals surface area contributed by atoms with Crippen molar-refractivity contribution in [1.29, 1.82) is 0 Å². The van der Waals surface area contributed by atoms with Gasteiger partial charge in [-0.1, -0.05) is 46.5 Å². The highest BCUT2D eigenvalue weighted by Crippen LogP contribution is 2.47. The normalized spacial score (nSPS) is 16.2. The summed E-state index contributed by atoms with van der Waals surface area (Å²) < 4.78 is 0. The van der Waals surface area contributed by atoms with Crippen LogP contribution in [0.4, 0.5) is 0 Å². The Kier molecular flexibility index (Phi) is 13.4. The molecule has 29 heavy (non-hydrogen) atoms. The number of hydrogen-bond acceptors (Lipinski definition) is 5. The Bertz CT molecular complexity index is 444. The largest absolute Gasteiger partial charge is 0.481 e. The number of aliphatic hydroxyl groups is 3. The van der Waals surface area contributed by atoms with Gasteiger partial charge in [-0.3, -0.25) is 9.59 Å². The van der Waals surface area contributed by atoms with Gasteiger partial charge in [0.15, 0.2) is 0 Å². The molecule has 0 fully saturated rings. The molecule has 0 aliphatic heterocycles. The highest BCUT2D eigenvalue weighted by molar-refractivity contribution is 5.70. The number of carboxylic acids is 2. The van der Waals surface area contributed by atoms with E-state index in [0.29, 0.717) is 64.2 Å². The van der Waals surface area contributed by atoms with Crippen LogP contribution < -0.4 is 0 Å². The van der Waals surface area contributed by atoms with Crippen molar-refractivity contribution in [3.63, 3.8) is 0 Å². The van der Waals surface area contributed by atoms with E-state index in [0.717, 1.165) is 0 Å². The van der Waals surface area contributed by atoms with Gasteiger partial charge in [0.2, 0.25) is 0 Å². The molecule has 0 aromatic heterocycles. The molecule has 0 aromatic rings. The van der Waals surface area contributed by atoms with E-state index in [1.165, 1.54) is 0 Å². The van der Waals surface area contributed by atoms with E-state index in [9.17, 15) is 35.1 Å². The van der Waals surface area contributed by atoms with E-state index in [2.05, 4.69) is 0 Å². The van der Waals surface area contributed by atoms with Gasteiger partial charge in [0.05, 0.1) is 25.0 Å². The first kappa shape index (κ1) is 27.8. The third-order valence-corrected chi connectivity index (χ3v) is 6.88. The van der Waals surface area contributed by atoms with E-state index in [-0.39, 0.29) is 31.7 Å². The van der Waals surface area contributed by atoms with Gasteiger partial charge in [-0.15, -0.1) is 0 Å². The maximum atomic E-state index is 11.2. The average molecular weight is 419 g/mol.